The van der Waals surface area contributed by atoms with Crippen molar-refractivity contribution in [2.45, 2.75) is 19.3 Å². The molecule has 0 N–H and O–H groups in total. The minimum atomic E-state index is -3.30. The Kier molecular flexibility index (Phi) is 4.14. The molecule has 1 fully saturated rings. The van der Waals surface area contributed by atoms with Crippen LogP contribution in [-0.4, -0.2) is 37.3 Å². The summed E-state index contributed by atoms with van der Waals surface area (Å²) in [5, 5.41) is 0. The van der Waals surface area contributed by atoms with E-state index in [1.165, 1.54) is 4.31 Å². The normalized spacial score (nSPS) is 17.9. The molecule has 1 aromatic carbocycles. The maximum atomic E-state index is 12.1. The number of benzene rings is 1. The Balaban J connectivity index is 1.97. The number of carbonyl (C=O) groups is 1. The van der Waals surface area contributed by atoms with Crippen LogP contribution in [-0.2, 0) is 21.2 Å². The zero-order valence-electron chi connectivity index (χ0n) is 10.2. The Morgan fingerprint density at radius 2 is 1.89 bits per heavy atom. The van der Waals surface area contributed by atoms with Gasteiger partial charge in [0.05, 0.1) is 12.3 Å². The van der Waals surface area contributed by atoms with Gasteiger partial charge in [-0.1, -0.05) is 30.3 Å². The summed E-state index contributed by atoms with van der Waals surface area (Å²) in [4.78, 5) is 11.3. The third-order valence-electron chi connectivity index (χ3n) is 3.10. The first-order chi connectivity index (χ1) is 8.58. The SMILES string of the molecule is O=C1CCCN(S(=O)(=O)CCc2ccccc2)C1. The zero-order chi connectivity index (χ0) is 13.0. The van der Waals surface area contributed by atoms with Crippen molar-refractivity contribution >= 4 is 15.8 Å². The van der Waals surface area contributed by atoms with Gasteiger partial charge in [-0.05, 0) is 18.4 Å². The van der Waals surface area contributed by atoms with Crippen molar-refractivity contribution < 1.29 is 13.2 Å². The summed E-state index contributed by atoms with van der Waals surface area (Å²) >= 11 is 0. The van der Waals surface area contributed by atoms with Crippen LogP contribution in [0.2, 0.25) is 0 Å². The predicted molar refractivity (Wildman–Crippen MR) is 69.7 cm³/mol. The molecule has 0 aliphatic carbocycles. The molecular formula is C13H17NO3S. The predicted octanol–water partition coefficient (Wildman–Crippen LogP) is 1.22. The van der Waals surface area contributed by atoms with E-state index in [9.17, 15) is 13.2 Å². The van der Waals surface area contributed by atoms with Gasteiger partial charge in [-0.2, -0.15) is 4.31 Å². The van der Waals surface area contributed by atoms with E-state index in [0.29, 0.717) is 25.8 Å². The highest BCUT2D eigenvalue weighted by Gasteiger charge is 2.27. The summed E-state index contributed by atoms with van der Waals surface area (Å²) in [6.45, 7) is 0.528. The molecule has 98 valence electrons. The second-order valence-corrected chi connectivity index (χ2v) is 6.62. The van der Waals surface area contributed by atoms with Gasteiger partial charge in [0, 0.05) is 13.0 Å². The summed E-state index contributed by atoms with van der Waals surface area (Å²) in [5.41, 5.74) is 1.00. The maximum Gasteiger partial charge on any atom is 0.214 e. The Morgan fingerprint density at radius 1 is 1.17 bits per heavy atom. The highest BCUT2D eigenvalue weighted by Crippen LogP contribution is 2.12. The molecule has 4 nitrogen and oxygen atoms in total. The number of Topliss-reactive ketones (excluding diaryl/α,β-unsaturated/α-hetero) is 1. The van der Waals surface area contributed by atoms with Gasteiger partial charge in [0.1, 0.15) is 5.78 Å². The fraction of sp³-hybridized carbons (Fsp3) is 0.462. The minimum absolute atomic E-state index is 0.0181. The van der Waals surface area contributed by atoms with Crippen LogP contribution in [0.25, 0.3) is 0 Å². The second-order valence-electron chi connectivity index (χ2n) is 4.53. The first kappa shape index (κ1) is 13.2. The number of sulfonamides is 1. The summed E-state index contributed by atoms with van der Waals surface area (Å²) in [5.74, 6) is 0.0918. The van der Waals surface area contributed by atoms with Gasteiger partial charge in [0.25, 0.3) is 0 Å². The van der Waals surface area contributed by atoms with Gasteiger partial charge in [-0.15, -0.1) is 0 Å². The first-order valence-electron chi connectivity index (χ1n) is 6.11. The second kappa shape index (κ2) is 5.63. The van der Waals surface area contributed by atoms with Crippen LogP contribution in [0.5, 0.6) is 0 Å². The van der Waals surface area contributed by atoms with Crippen molar-refractivity contribution in [3.05, 3.63) is 35.9 Å². The van der Waals surface area contributed by atoms with Crippen LogP contribution in [0.3, 0.4) is 0 Å². The molecule has 5 heteroatoms. The molecule has 0 atom stereocenters. The standard InChI is InChI=1S/C13H17NO3S/c15-13-7-4-9-14(11-13)18(16,17)10-8-12-5-2-1-3-6-12/h1-3,5-6H,4,7-11H2. The average Bonchev–Trinajstić information content (AvgIpc) is 2.38. The van der Waals surface area contributed by atoms with E-state index in [4.69, 9.17) is 0 Å². The quantitative estimate of drug-likeness (QED) is 0.824. The van der Waals surface area contributed by atoms with E-state index >= 15 is 0 Å². The fourth-order valence-corrected chi connectivity index (χ4v) is 3.57. The van der Waals surface area contributed by atoms with Gasteiger partial charge in [-0.3, -0.25) is 4.79 Å². The van der Waals surface area contributed by atoms with Crippen molar-refractivity contribution in [2.75, 3.05) is 18.8 Å². The molecule has 0 radical (unpaired) electrons. The van der Waals surface area contributed by atoms with Gasteiger partial charge in [-0.25, -0.2) is 8.42 Å². The molecule has 1 saturated heterocycles. The topological polar surface area (TPSA) is 54.5 Å². The van der Waals surface area contributed by atoms with Crippen molar-refractivity contribution in [2.24, 2.45) is 0 Å². The lowest BCUT2D eigenvalue weighted by Crippen LogP contribution is -2.41. The summed E-state index contributed by atoms with van der Waals surface area (Å²) in [6, 6.07) is 9.52. The smallest absolute Gasteiger partial charge is 0.214 e. The molecule has 0 unspecified atom stereocenters. The number of piperidine rings is 1. The molecule has 0 aromatic heterocycles. The van der Waals surface area contributed by atoms with Crippen LogP contribution >= 0.6 is 0 Å². The maximum absolute atomic E-state index is 12.1. The lowest BCUT2D eigenvalue weighted by Gasteiger charge is -2.25. The molecule has 18 heavy (non-hydrogen) atoms. The van der Waals surface area contributed by atoms with Crippen LogP contribution < -0.4 is 0 Å². The summed E-state index contributed by atoms with van der Waals surface area (Å²) in [6.07, 6.45) is 1.64. The van der Waals surface area contributed by atoms with Crippen molar-refractivity contribution in [1.82, 2.24) is 4.31 Å². The summed E-state index contributed by atoms with van der Waals surface area (Å²) in [7, 11) is -3.30. The van der Waals surface area contributed by atoms with Crippen molar-refractivity contribution in [3.63, 3.8) is 0 Å². The number of carbonyl (C=O) groups excluding carboxylic acids is 1. The third kappa shape index (κ3) is 3.40. The molecule has 1 aliphatic rings. The van der Waals surface area contributed by atoms with Crippen molar-refractivity contribution in [1.29, 1.82) is 0 Å². The number of hydrogen-bond acceptors (Lipinski definition) is 3. The number of hydrogen-bond donors (Lipinski definition) is 0. The van der Waals surface area contributed by atoms with Crippen LogP contribution in [0.4, 0.5) is 0 Å². The average molecular weight is 267 g/mol. The lowest BCUT2D eigenvalue weighted by molar-refractivity contribution is -0.120. The van der Waals surface area contributed by atoms with Gasteiger partial charge >= 0.3 is 0 Å². The van der Waals surface area contributed by atoms with E-state index in [0.717, 1.165) is 5.56 Å². The van der Waals surface area contributed by atoms with Gasteiger partial charge < -0.3 is 0 Å². The van der Waals surface area contributed by atoms with E-state index < -0.39 is 10.0 Å². The summed E-state index contributed by atoms with van der Waals surface area (Å²) < 4.78 is 25.5. The molecule has 1 aliphatic heterocycles. The minimum Gasteiger partial charge on any atom is -0.298 e. The molecule has 0 spiro atoms. The van der Waals surface area contributed by atoms with Gasteiger partial charge in [0.2, 0.25) is 10.0 Å². The number of ketones is 1. The monoisotopic (exact) mass is 267 g/mol. The van der Waals surface area contributed by atoms with Crippen molar-refractivity contribution in [3.8, 4) is 0 Å². The van der Waals surface area contributed by atoms with E-state index in [1.807, 2.05) is 30.3 Å². The number of aryl methyl sites for hydroxylation is 1. The number of rotatable bonds is 4. The Morgan fingerprint density at radius 3 is 2.56 bits per heavy atom. The van der Waals surface area contributed by atoms with E-state index in [2.05, 4.69) is 0 Å². The fourth-order valence-electron chi connectivity index (χ4n) is 2.07. The molecule has 0 bridgehead atoms. The van der Waals surface area contributed by atoms with Gasteiger partial charge in [0.15, 0.2) is 0 Å². The Bertz CT molecular complexity index is 510. The molecule has 1 heterocycles. The zero-order valence-corrected chi connectivity index (χ0v) is 11.0. The van der Waals surface area contributed by atoms with E-state index in [-0.39, 0.29) is 18.1 Å². The van der Waals surface area contributed by atoms with E-state index in [1.54, 1.807) is 0 Å². The highest BCUT2D eigenvalue weighted by molar-refractivity contribution is 7.89. The first-order valence-corrected chi connectivity index (χ1v) is 7.72. The molecule has 0 amide bonds. The molecule has 2 rings (SSSR count). The molecular weight excluding hydrogens is 250 g/mol. The largest absolute Gasteiger partial charge is 0.298 e. The molecule has 1 aromatic rings. The Hall–Kier alpha value is -1.20. The van der Waals surface area contributed by atoms with Crippen LogP contribution in [0.1, 0.15) is 18.4 Å². The van der Waals surface area contributed by atoms with Crippen LogP contribution in [0, 0.1) is 0 Å². The van der Waals surface area contributed by atoms with Crippen LogP contribution in [0.15, 0.2) is 30.3 Å². The molecule has 0 saturated carbocycles. The lowest BCUT2D eigenvalue weighted by atomic mass is 10.1. The highest BCUT2D eigenvalue weighted by atomic mass is 32.2. The Labute approximate surface area is 108 Å². The number of nitrogens with zero attached hydrogens (tertiary/aromatic N) is 1. The third-order valence-corrected chi connectivity index (χ3v) is 4.92.